The van der Waals surface area contributed by atoms with Crippen molar-refractivity contribution in [3.63, 3.8) is 0 Å². The first-order valence-electron chi connectivity index (χ1n) is 4.18. The SMILES string of the molecule is CC(C)SC(=O)C(F)=CC1CC1. The van der Waals surface area contributed by atoms with E-state index in [0.29, 0.717) is 5.92 Å². The zero-order chi connectivity index (χ0) is 9.14. The lowest BCUT2D eigenvalue weighted by atomic mass is 10.4. The molecule has 1 aliphatic rings. The fourth-order valence-electron chi connectivity index (χ4n) is 0.808. The van der Waals surface area contributed by atoms with Crippen molar-refractivity contribution in [2.45, 2.75) is 31.9 Å². The van der Waals surface area contributed by atoms with Crippen LogP contribution in [0.2, 0.25) is 0 Å². The van der Waals surface area contributed by atoms with Crippen molar-refractivity contribution in [2.24, 2.45) is 5.92 Å². The summed E-state index contributed by atoms with van der Waals surface area (Å²) in [5.41, 5.74) is 0. The van der Waals surface area contributed by atoms with Crippen molar-refractivity contribution in [1.82, 2.24) is 0 Å². The Morgan fingerprint density at radius 2 is 2.17 bits per heavy atom. The van der Waals surface area contributed by atoms with Crippen molar-refractivity contribution in [1.29, 1.82) is 0 Å². The van der Waals surface area contributed by atoms with Crippen molar-refractivity contribution in [3.8, 4) is 0 Å². The van der Waals surface area contributed by atoms with Gasteiger partial charge in [-0.15, -0.1) is 0 Å². The summed E-state index contributed by atoms with van der Waals surface area (Å²) in [6.45, 7) is 3.76. The summed E-state index contributed by atoms with van der Waals surface area (Å²) in [6.07, 6.45) is 3.53. The van der Waals surface area contributed by atoms with Gasteiger partial charge < -0.3 is 0 Å². The Hall–Kier alpha value is -0.310. The summed E-state index contributed by atoms with van der Waals surface area (Å²) in [4.78, 5) is 11.0. The Balaban J connectivity index is 2.39. The molecular weight excluding hydrogens is 175 g/mol. The van der Waals surface area contributed by atoms with Crippen LogP contribution in [0.5, 0.6) is 0 Å². The van der Waals surface area contributed by atoms with Crippen LogP contribution in [0.3, 0.4) is 0 Å². The second-order valence-electron chi connectivity index (χ2n) is 3.31. The quantitative estimate of drug-likeness (QED) is 0.633. The largest absolute Gasteiger partial charge is 0.279 e. The zero-order valence-corrected chi connectivity index (χ0v) is 8.16. The lowest BCUT2D eigenvalue weighted by Crippen LogP contribution is -1.98. The summed E-state index contributed by atoms with van der Waals surface area (Å²) >= 11 is 1.05. The fraction of sp³-hybridized carbons (Fsp3) is 0.667. The van der Waals surface area contributed by atoms with Gasteiger partial charge in [0.1, 0.15) is 0 Å². The van der Waals surface area contributed by atoms with Gasteiger partial charge in [-0.3, -0.25) is 4.79 Å². The van der Waals surface area contributed by atoms with E-state index in [9.17, 15) is 9.18 Å². The number of rotatable bonds is 3. The maximum atomic E-state index is 12.9. The molecule has 0 atom stereocenters. The number of carbonyl (C=O) groups excluding carboxylic acids is 1. The third-order valence-corrected chi connectivity index (χ3v) is 2.42. The standard InChI is InChI=1S/C9H13FOS/c1-6(2)12-9(11)8(10)5-7-3-4-7/h5-7H,3-4H2,1-2H3. The summed E-state index contributed by atoms with van der Waals surface area (Å²) in [7, 11) is 0. The van der Waals surface area contributed by atoms with Gasteiger partial charge in [0.25, 0.3) is 0 Å². The Bertz CT molecular complexity index is 207. The predicted molar refractivity (Wildman–Crippen MR) is 49.6 cm³/mol. The van der Waals surface area contributed by atoms with E-state index in [-0.39, 0.29) is 5.25 Å². The van der Waals surface area contributed by atoms with Crippen molar-refractivity contribution in [3.05, 3.63) is 11.9 Å². The lowest BCUT2D eigenvalue weighted by molar-refractivity contribution is -0.109. The minimum atomic E-state index is -0.559. The van der Waals surface area contributed by atoms with Crippen LogP contribution in [-0.4, -0.2) is 10.4 Å². The van der Waals surface area contributed by atoms with Gasteiger partial charge >= 0.3 is 0 Å². The molecule has 1 saturated carbocycles. The number of allylic oxidation sites excluding steroid dienone is 1. The van der Waals surface area contributed by atoms with Crippen LogP contribution >= 0.6 is 11.8 Å². The highest BCUT2D eigenvalue weighted by atomic mass is 32.2. The maximum absolute atomic E-state index is 12.9. The molecule has 68 valence electrons. The Morgan fingerprint density at radius 3 is 2.58 bits per heavy atom. The van der Waals surface area contributed by atoms with E-state index in [1.165, 1.54) is 6.08 Å². The highest BCUT2D eigenvalue weighted by molar-refractivity contribution is 8.14. The van der Waals surface area contributed by atoms with E-state index < -0.39 is 10.9 Å². The van der Waals surface area contributed by atoms with E-state index in [2.05, 4.69) is 0 Å². The molecule has 0 amide bonds. The third-order valence-electron chi connectivity index (χ3n) is 1.54. The molecule has 0 bridgehead atoms. The van der Waals surface area contributed by atoms with Gasteiger partial charge in [0.2, 0.25) is 5.12 Å². The van der Waals surface area contributed by atoms with Crippen LogP contribution in [0.15, 0.2) is 11.9 Å². The predicted octanol–water partition coefficient (Wildman–Crippen LogP) is 2.92. The first-order chi connectivity index (χ1) is 5.59. The third kappa shape index (κ3) is 3.39. The summed E-state index contributed by atoms with van der Waals surface area (Å²) < 4.78 is 12.9. The summed E-state index contributed by atoms with van der Waals surface area (Å²) in [5, 5.41) is -0.257. The topological polar surface area (TPSA) is 17.1 Å². The van der Waals surface area contributed by atoms with Gasteiger partial charge in [-0.25, -0.2) is 4.39 Å². The molecule has 3 heteroatoms. The van der Waals surface area contributed by atoms with Crippen LogP contribution in [0.1, 0.15) is 26.7 Å². The van der Waals surface area contributed by atoms with Crippen molar-refractivity contribution < 1.29 is 9.18 Å². The minimum Gasteiger partial charge on any atom is -0.279 e. The van der Waals surface area contributed by atoms with Crippen LogP contribution in [-0.2, 0) is 4.79 Å². The van der Waals surface area contributed by atoms with Gasteiger partial charge in [0.15, 0.2) is 5.83 Å². The van der Waals surface area contributed by atoms with E-state index in [4.69, 9.17) is 0 Å². The Morgan fingerprint density at radius 1 is 1.58 bits per heavy atom. The molecule has 1 fully saturated rings. The average molecular weight is 188 g/mol. The van der Waals surface area contributed by atoms with E-state index in [1.807, 2.05) is 13.8 Å². The second-order valence-corrected chi connectivity index (χ2v) is 4.86. The maximum Gasteiger partial charge on any atom is 0.247 e. The molecule has 1 aliphatic carbocycles. The molecule has 0 N–H and O–H groups in total. The van der Waals surface area contributed by atoms with Gasteiger partial charge in [0, 0.05) is 5.25 Å². The summed E-state index contributed by atoms with van der Waals surface area (Å²) in [5.74, 6) is -0.224. The normalized spacial score (nSPS) is 18.5. The molecule has 0 saturated heterocycles. The first kappa shape index (κ1) is 9.78. The van der Waals surface area contributed by atoms with Gasteiger partial charge in [-0.05, 0) is 24.8 Å². The minimum absolute atomic E-state index is 0.163. The number of carbonyl (C=O) groups is 1. The monoisotopic (exact) mass is 188 g/mol. The fourth-order valence-corrected chi connectivity index (χ4v) is 1.42. The van der Waals surface area contributed by atoms with E-state index >= 15 is 0 Å². The van der Waals surface area contributed by atoms with Crippen LogP contribution in [0, 0.1) is 5.92 Å². The van der Waals surface area contributed by atoms with Gasteiger partial charge in [-0.1, -0.05) is 25.6 Å². The summed E-state index contributed by atoms with van der Waals surface area (Å²) in [6, 6.07) is 0. The van der Waals surface area contributed by atoms with Crippen LogP contribution in [0.25, 0.3) is 0 Å². The molecule has 0 aliphatic heterocycles. The highest BCUT2D eigenvalue weighted by Crippen LogP contribution is 2.32. The molecule has 1 rings (SSSR count). The molecule has 0 heterocycles. The number of halogens is 1. The van der Waals surface area contributed by atoms with Crippen molar-refractivity contribution >= 4 is 16.9 Å². The van der Waals surface area contributed by atoms with E-state index in [1.54, 1.807) is 0 Å². The number of hydrogen-bond acceptors (Lipinski definition) is 2. The van der Waals surface area contributed by atoms with Gasteiger partial charge in [-0.2, -0.15) is 0 Å². The van der Waals surface area contributed by atoms with Gasteiger partial charge in [0.05, 0.1) is 0 Å². The van der Waals surface area contributed by atoms with Crippen LogP contribution in [0.4, 0.5) is 4.39 Å². The molecule has 0 aromatic carbocycles. The molecule has 0 radical (unpaired) electrons. The Labute approximate surface area is 76.4 Å². The molecule has 1 nitrogen and oxygen atoms in total. The smallest absolute Gasteiger partial charge is 0.247 e. The lowest BCUT2D eigenvalue weighted by Gasteiger charge is -2.00. The highest BCUT2D eigenvalue weighted by Gasteiger charge is 2.22. The molecule has 12 heavy (non-hydrogen) atoms. The molecule has 0 unspecified atom stereocenters. The number of hydrogen-bond donors (Lipinski definition) is 0. The second kappa shape index (κ2) is 4.08. The molecule has 0 aromatic heterocycles. The zero-order valence-electron chi connectivity index (χ0n) is 7.34. The first-order valence-corrected chi connectivity index (χ1v) is 5.06. The van der Waals surface area contributed by atoms with E-state index in [0.717, 1.165) is 24.6 Å². The Kier molecular flexibility index (Phi) is 3.32. The molecule has 0 spiro atoms. The molecular formula is C9H13FOS. The average Bonchev–Trinajstić information content (AvgIpc) is 2.70. The number of thioether (sulfide) groups is 1. The molecule has 0 aromatic rings. The van der Waals surface area contributed by atoms with Crippen LogP contribution < -0.4 is 0 Å². The van der Waals surface area contributed by atoms with Crippen molar-refractivity contribution in [2.75, 3.05) is 0 Å².